The number of nitrogens with one attached hydrogen (secondary N) is 2. The Kier molecular flexibility index (Phi) is 9.90. The van der Waals surface area contributed by atoms with Crippen molar-refractivity contribution in [1.82, 2.24) is 10.3 Å². The number of carbonyl (C=O) groups is 1. The lowest BCUT2D eigenvalue weighted by atomic mass is 9.99. The smallest absolute Gasteiger partial charge is 0.268 e. The number of aromatic amines is 1. The highest BCUT2D eigenvalue weighted by molar-refractivity contribution is 6.10. The van der Waals surface area contributed by atoms with Gasteiger partial charge < -0.3 is 21.8 Å². The van der Waals surface area contributed by atoms with Crippen molar-refractivity contribution in [2.45, 2.75) is 37.8 Å². The third kappa shape index (κ3) is 6.72. The number of hydrogen-bond acceptors (Lipinski definition) is 3. The van der Waals surface area contributed by atoms with Crippen molar-refractivity contribution in [1.29, 1.82) is 0 Å². The Balaban J connectivity index is 0.00000200. The summed E-state index contributed by atoms with van der Waals surface area (Å²) in [5.41, 5.74) is 16.7. The van der Waals surface area contributed by atoms with Gasteiger partial charge in [0.05, 0.1) is 0 Å². The Labute approximate surface area is 233 Å². The molecule has 1 saturated carbocycles. The number of benzene rings is 3. The average molecular weight is 562 g/mol. The normalized spacial score (nSPS) is 14.3. The van der Waals surface area contributed by atoms with Crippen LogP contribution in [-0.2, 0) is 0 Å². The maximum absolute atomic E-state index is 13.6. The van der Waals surface area contributed by atoms with Gasteiger partial charge in [-0.3, -0.25) is 4.79 Å². The Morgan fingerprint density at radius 3 is 2.05 bits per heavy atom. The maximum Gasteiger partial charge on any atom is 0.268 e. The van der Waals surface area contributed by atoms with Gasteiger partial charge in [-0.15, -0.1) is 24.8 Å². The fourth-order valence-corrected chi connectivity index (χ4v) is 4.69. The summed E-state index contributed by atoms with van der Waals surface area (Å²) >= 11 is 0. The third-order valence-electron chi connectivity index (χ3n) is 6.96. The third-order valence-corrected chi connectivity index (χ3v) is 6.96. The highest BCUT2D eigenvalue weighted by Crippen LogP contribution is 2.35. The minimum atomic E-state index is -0.349. The van der Waals surface area contributed by atoms with Crippen LogP contribution in [0.1, 0.15) is 36.2 Å². The zero-order chi connectivity index (χ0) is 25.2. The molecule has 5 rings (SSSR count). The zero-order valence-electron chi connectivity index (χ0n) is 20.8. The second-order valence-corrected chi connectivity index (χ2v) is 9.70. The number of rotatable bonds is 9. The average Bonchev–Trinajstić information content (AvgIpc) is 3.67. The van der Waals surface area contributed by atoms with Gasteiger partial charge in [-0.05, 0) is 78.6 Å². The topological polar surface area (TPSA) is 96.9 Å². The van der Waals surface area contributed by atoms with E-state index in [-0.39, 0.29) is 54.4 Å². The molecule has 1 aromatic heterocycles. The van der Waals surface area contributed by atoms with Crippen molar-refractivity contribution < 1.29 is 13.6 Å². The van der Waals surface area contributed by atoms with Crippen LogP contribution in [0.3, 0.4) is 0 Å². The number of halogens is 4. The van der Waals surface area contributed by atoms with Crippen molar-refractivity contribution in [2.24, 2.45) is 17.4 Å². The van der Waals surface area contributed by atoms with E-state index in [0.717, 1.165) is 40.4 Å². The highest BCUT2D eigenvalue weighted by Gasteiger charge is 2.28. The lowest BCUT2D eigenvalue weighted by Gasteiger charge is -2.16. The molecule has 1 heterocycles. The van der Waals surface area contributed by atoms with Crippen LogP contribution >= 0.6 is 24.8 Å². The summed E-state index contributed by atoms with van der Waals surface area (Å²) in [6.45, 7) is 0.329. The molecule has 4 aromatic rings. The van der Waals surface area contributed by atoms with Crippen LogP contribution in [0.5, 0.6) is 0 Å². The van der Waals surface area contributed by atoms with Crippen LogP contribution in [0.4, 0.5) is 8.78 Å². The van der Waals surface area contributed by atoms with Crippen LogP contribution in [0.15, 0.2) is 66.7 Å². The quantitative estimate of drug-likeness (QED) is 0.196. The Morgan fingerprint density at radius 2 is 1.45 bits per heavy atom. The van der Waals surface area contributed by atoms with Crippen molar-refractivity contribution >= 4 is 41.6 Å². The molecule has 0 radical (unpaired) electrons. The molecule has 6 N–H and O–H groups in total. The lowest BCUT2D eigenvalue weighted by Crippen LogP contribution is -2.38. The second-order valence-electron chi connectivity index (χ2n) is 9.70. The largest absolute Gasteiger partial charge is 0.350 e. The van der Waals surface area contributed by atoms with Crippen LogP contribution in [-0.4, -0.2) is 29.5 Å². The fraction of sp³-hybridized carbons (Fsp3) is 0.276. The van der Waals surface area contributed by atoms with E-state index in [2.05, 4.69) is 10.3 Å². The van der Waals surface area contributed by atoms with Gasteiger partial charge in [0, 0.05) is 35.1 Å². The molecule has 9 heteroatoms. The maximum atomic E-state index is 13.6. The summed E-state index contributed by atoms with van der Waals surface area (Å²) in [6, 6.07) is 18.1. The summed E-state index contributed by atoms with van der Waals surface area (Å²) in [5, 5.41) is 3.78. The number of fused-ring (bicyclic) bond motifs is 1. The van der Waals surface area contributed by atoms with Crippen LogP contribution < -0.4 is 16.8 Å². The monoisotopic (exact) mass is 560 g/mol. The number of hydrogen-bond donors (Lipinski definition) is 4. The summed E-state index contributed by atoms with van der Waals surface area (Å²) in [6.07, 6.45) is 3.99. The number of amides is 1. The van der Waals surface area contributed by atoms with E-state index in [9.17, 15) is 13.6 Å². The van der Waals surface area contributed by atoms with Crippen molar-refractivity contribution in [2.75, 3.05) is 6.54 Å². The molecule has 0 saturated heterocycles. The molecular formula is C29H32Cl2F2N4O. The van der Waals surface area contributed by atoms with E-state index in [1.54, 1.807) is 24.3 Å². The Bertz CT molecular complexity index is 1370. The first-order valence-corrected chi connectivity index (χ1v) is 12.4. The van der Waals surface area contributed by atoms with Gasteiger partial charge in [-0.2, -0.15) is 0 Å². The number of nitrogens with two attached hydrogens (primary N) is 2. The Morgan fingerprint density at radius 1 is 0.868 bits per heavy atom. The molecular weight excluding hydrogens is 529 g/mol. The SMILES string of the molecule is Cl.Cl.NC(CCC(N)C1CC1)CNC(=O)c1[nH]c2cc(-c3ccc(F)cc3)ccc2c1-c1ccc(F)cc1. The van der Waals surface area contributed by atoms with Crippen molar-refractivity contribution in [3.8, 4) is 22.3 Å². The van der Waals surface area contributed by atoms with E-state index in [0.29, 0.717) is 23.7 Å². The molecule has 202 valence electrons. The van der Waals surface area contributed by atoms with E-state index in [1.165, 1.54) is 37.1 Å². The second kappa shape index (κ2) is 12.7. The molecule has 1 aliphatic rings. The Hall–Kier alpha value is -2.97. The first kappa shape index (κ1) is 29.6. The summed E-state index contributed by atoms with van der Waals surface area (Å²) < 4.78 is 27.0. The van der Waals surface area contributed by atoms with Crippen LogP contribution in [0, 0.1) is 17.6 Å². The number of carbonyl (C=O) groups excluding carboxylic acids is 1. The van der Waals surface area contributed by atoms with Gasteiger partial charge in [0.25, 0.3) is 5.91 Å². The predicted molar refractivity (Wildman–Crippen MR) is 154 cm³/mol. The molecule has 2 unspecified atom stereocenters. The summed E-state index contributed by atoms with van der Waals surface area (Å²) in [4.78, 5) is 16.5. The van der Waals surface area contributed by atoms with Crippen molar-refractivity contribution in [3.05, 3.63) is 84.1 Å². The highest BCUT2D eigenvalue weighted by atomic mass is 35.5. The first-order valence-electron chi connectivity index (χ1n) is 12.4. The van der Waals surface area contributed by atoms with Gasteiger partial charge in [-0.25, -0.2) is 8.78 Å². The molecule has 2 atom stereocenters. The minimum absolute atomic E-state index is 0. The summed E-state index contributed by atoms with van der Waals surface area (Å²) in [5.74, 6) is -0.310. The molecule has 38 heavy (non-hydrogen) atoms. The van der Waals surface area contributed by atoms with E-state index in [4.69, 9.17) is 11.5 Å². The van der Waals surface area contributed by atoms with Gasteiger partial charge in [0.2, 0.25) is 0 Å². The van der Waals surface area contributed by atoms with E-state index < -0.39 is 0 Å². The molecule has 0 bridgehead atoms. The van der Waals surface area contributed by atoms with Gasteiger partial charge in [0.1, 0.15) is 17.3 Å². The van der Waals surface area contributed by atoms with Crippen molar-refractivity contribution in [3.63, 3.8) is 0 Å². The summed E-state index contributed by atoms with van der Waals surface area (Å²) in [7, 11) is 0. The van der Waals surface area contributed by atoms with Gasteiger partial charge in [-0.1, -0.05) is 36.4 Å². The predicted octanol–water partition coefficient (Wildman–Crippen LogP) is 6.20. The van der Waals surface area contributed by atoms with Gasteiger partial charge in [0.15, 0.2) is 0 Å². The van der Waals surface area contributed by atoms with Gasteiger partial charge >= 0.3 is 0 Å². The van der Waals surface area contributed by atoms with Crippen LogP contribution in [0.25, 0.3) is 33.2 Å². The van der Waals surface area contributed by atoms with E-state index in [1.807, 2.05) is 18.2 Å². The molecule has 0 spiro atoms. The zero-order valence-corrected chi connectivity index (χ0v) is 22.4. The molecule has 1 aliphatic carbocycles. The molecule has 5 nitrogen and oxygen atoms in total. The first-order chi connectivity index (χ1) is 17.4. The standard InChI is InChI=1S/C29H30F2N4O.2ClH/c30-21-8-3-17(4-9-21)20-7-13-24-26(15-20)35-28(27(24)19-5-10-22(31)11-6-19)29(36)34-16-23(32)12-14-25(33)18-1-2-18;;/h3-11,13,15,18,23,25,35H,1-2,12,14,16,32-33H2,(H,34,36);2*1H. The van der Waals surface area contributed by atoms with E-state index >= 15 is 0 Å². The molecule has 3 aromatic carbocycles. The van der Waals surface area contributed by atoms with Crippen LogP contribution in [0.2, 0.25) is 0 Å². The minimum Gasteiger partial charge on any atom is -0.350 e. The molecule has 1 fully saturated rings. The molecule has 0 aliphatic heterocycles. The number of aromatic nitrogens is 1. The lowest BCUT2D eigenvalue weighted by molar-refractivity contribution is 0.0947. The molecule has 1 amide bonds. The fourth-order valence-electron chi connectivity index (χ4n) is 4.69. The number of H-pyrrole nitrogens is 1.